The molecular weight excluding hydrogens is 235 g/mol. The lowest BCUT2D eigenvalue weighted by atomic mass is 10.1. The number of benzene rings is 1. The maximum Gasteiger partial charge on any atom is 0.178 e. The van der Waals surface area contributed by atoms with Gasteiger partial charge >= 0.3 is 0 Å². The first kappa shape index (κ1) is 12.3. The van der Waals surface area contributed by atoms with E-state index in [1.54, 1.807) is 6.92 Å². The molecule has 4 heteroatoms. The SMILES string of the molecule is Cc1cc2c(cc1F)[nH]c(=S)n2C(C)C(C)C. The third-order valence-electron chi connectivity index (χ3n) is 3.37. The third-order valence-corrected chi connectivity index (χ3v) is 3.67. The molecule has 0 aliphatic carbocycles. The summed E-state index contributed by atoms with van der Waals surface area (Å²) in [5, 5.41) is 0. The number of hydrogen-bond donors (Lipinski definition) is 1. The number of fused-ring (bicyclic) bond motifs is 1. The number of rotatable bonds is 2. The average molecular weight is 252 g/mol. The molecule has 92 valence electrons. The minimum absolute atomic E-state index is 0.196. The van der Waals surface area contributed by atoms with Crippen molar-refractivity contribution in [3.63, 3.8) is 0 Å². The number of aryl methyl sites for hydroxylation is 1. The van der Waals surface area contributed by atoms with E-state index in [1.807, 2.05) is 6.07 Å². The first-order chi connectivity index (χ1) is 7.91. The van der Waals surface area contributed by atoms with Crippen LogP contribution in [-0.2, 0) is 0 Å². The fourth-order valence-electron chi connectivity index (χ4n) is 1.95. The maximum absolute atomic E-state index is 13.5. The van der Waals surface area contributed by atoms with E-state index in [1.165, 1.54) is 6.07 Å². The summed E-state index contributed by atoms with van der Waals surface area (Å²) in [4.78, 5) is 3.07. The van der Waals surface area contributed by atoms with Gasteiger partial charge in [-0.3, -0.25) is 0 Å². The zero-order chi connectivity index (χ0) is 12.7. The van der Waals surface area contributed by atoms with Crippen molar-refractivity contribution < 1.29 is 4.39 Å². The number of hydrogen-bond acceptors (Lipinski definition) is 1. The van der Waals surface area contributed by atoms with Gasteiger partial charge in [0.05, 0.1) is 11.0 Å². The van der Waals surface area contributed by atoms with E-state index in [4.69, 9.17) is 12.2 Å². The number of aromatic amines is 1. The van der Waals surface area contributed by atoms with Crippen LogP contribution in [0.15, 0.2) is 12.1 Å². The van der Waals surface area contributed by atoms with Crippen LogP contribution in [-0.4, -0.2) is 9.55 Å². The predicted octanol–water partition coefficient (Wildman–Crippen LogP) is 4.36. The highest BCUT2D eigenvalue weighted by molar-refractivity contribution is 7.71. The van der Waals surface area contributed by atoms with Gasteiger partial charge in [0.15, 0.2) is 4.77 Å². The molecule has 0 radical (unpaired) electrons. The highest BCUT2D eigenvalue weighted by atomic mass is 32.1. The fourth-order valence-corrected chi connectivity index (χ4v) is 2.33. The quantitative estimate of drug-likeness (QED) is 0.787. The van der Waals surface area contributed by atoms with Crippen LogP contribution in [0, 0.1) is 23.4 Å². The topological polar surface area (TPSA) is 20.7 Å². The van der Waals surface area contributed by atoms with Crippen LogP contribution >= 0.6 is 12.2 Å². The first-order valence-electron chi connectivity index (χ1n) is 5.82. The van der Waals surface area contributed by atoms with Gasteiger partial charge < -0.3 is 9.55 Å². The van der Waals surface area contributed by atoms with Crippen LogP contribution in [0.25, 0.3) is 11.0 Å². The highest BCUT2D eigenvalue weighted by Gasteiger charge is 2.15. The molecule has 0 fully saturated rings. The van der Waals surface area contributed by atoms with Gasteiger partial charge in [0, 0.05) is 6.04 Å². The monoisotopic (exact) mass is 252 g/mol. The van der Waals surface area contributed by atoms with Crippen molar-refractivity contribution in [2.24, 2.45) is 5.92 Å². The molecule has 0 saturated carbocycles. The Morgan fingerprint density at radius 1 is 1.29 bits per heavy atom. The van der Waals surface area contributed by atoms with Crippen molar-refractivity contribution in [1.82, 2.24) is 9.55 Å². The zero-order valence-corrected chi connectivity index (χ0v) is 11.4. The van der Waals surface area contributed by atoms with E-state index in [0.29, 0.717) is 22.3 Å². The summed E-state index contributed by atoms with van der Waals surface area (Å²) >= 11 is 5.32. The molecule has 1 aromatic heterocycles. The average Bonchev–Trinajstić information content (AvgIpc) is 2.53. The van der Waals surface area contributed by atoms with Crippen molar-refractivity contribution in [3.8, 4) is 0 Å². The molecule has 0 bridgehead atoms. The van der Waals surface area contributed by atoms with Crippen LogP contribution in [0.3, 0.4) is 0 Å². The lowest BCUT2D eigenvalue weighted by Gasteiger charge is -2.18. The van der Waals surface area contributed by atoms with E-state index in [9.17, 15) is 4.39 Å². The first-order valence-corrected chi connectivity index (χ1v) is 6.23. The van der Waals surface area contributed by atoms with Crippen molar-refractivity contribution in [3.05, 3.63) is 28.3 Å². The second kappa shape index (κ2) is 4.26. The molecule has 0 amide bonds. The maximum atomic E-state index is 13.5. The van der Waals surface area contributed by atoms with Crippen LogP contribution in [0.2, 0.25) is 0 Å². The van der Waals surface area contributed by atoms with E-state index in [2.05, 4.69) is 30.3 Å². The third kappa shape index (κ3) is 2.02. The summed E-state index contributed by atoms with van der Waals surface area (Å²) in [6, 6.07) is 3.67. The van der Waals surface area contributed by atoms with Crippen LogP contribution in [0.4, 0.5) is 4.39 Å². The molecule has 0 spiro atoms. The molecule has 1 N–H and O–H groups in total. The number of nitrogens with one attached hydrogen (secondary N) is 1. The number of H-pyrrole nitrogens is 1. The van der Waals surface area contributed by atoms with Gasteiger partial charge in [-0.2, -0.15) is 0 Å². The van der Waals surface area contributed by atoms with E-state index < -0.39 is 0 Å². The minimum atomic E-state index is -0.196. The number of imidazole rings is 1. The molecule has 1 heterocycles. The standard InChI is InChI=1S/C13H17FN2S/c1-7(2)9(4)16-12-5-8(3)10(14)6-11(12)15-13(16)17/h5-7,9H,1-4H3,(H,15,17). The second-order valence-corrected chi connectivity index (χ2v) is 5.29. The largest absolute Gasteiger partial charge is 0.330 e. The predicted molar refractivity (Wildman–Crippen MR) is 71.4 cm³/mol. The number of halogens is 1. The van der Waals surface area contributed by atoms with Crippen molar-refractivity contribution >= 4 is 23.3 Å². The Balaban J connectivity index is 2.75. The van der Waals surface area contributed by atoms with Gasteiger partial charge in [0.25, 0.3) is 0 Å². The minimum Gasteiger partial charge on any atom is -0.330 e. The van der Waals surface area contributed by atoms with Gasteiger partial charge in [-0.15, -0.1) is 0 Å². The van der Waals surface area contributed by atoms with Gasteiger partial charge in [0.2, 0.25) is 0 Å². The Morgan fingerprint density at radius 2 is 1.94 bits per heavy atom. The molecule has 0 aliphatic rings. The Hall–Kier alpha value is -1.16. The molecule has 2 nitrogen and oxygen atoms in total. The molecule has 2 aromatic rings. The van der Waals surface area contributed by atoms with E-state index >= 15 is 0 Å². The molecule has 17 heavy (non-hydrogen) atoms. The molecule has 1 aromatic carbocycles. The highest BCUT2D eigenvalue weighted by Crippen LogP contribution is 2.25. The van der Waals surface area contributed by atoms with Crippen molar-refractivity contribution in [1.29, 1.82) is 0 Å². The Bertz CT molecular complexity index is 610. The van der Waals surface area contributed by atoms with Crippen LogP contribution in [0.5, 0.6) is 0 Å². The summed E-state index contributed by atoms with van der Waals surface area (Å²) in [6.07, 6.45) is 0. The van der Waals surface area contributed by atoms with Gasteiger partial charge in [-0.25, -0.2) is 4.39 Å². The van der Waals surface area contributed by atoms with Crippen molar-refractivity contribution in [2.75, 3.05) is 0 Å². The Labute approximate surface area is 105 Å². The normalized spacial score (nSPS) is 13.5. The second-order valence-electron chi connectivity index (χ2n) is 4.90. The summed E-state index contributed by atoms with van der Waals surface area (Å²) in [7, 11) is 0. The van der Waals surface area contributed by atoms with Crippen molar-refractivity contribution in [2.45, 2.75) is 33.7 Å². The Morgan fingerprint density at radius 3 is 2.53 bits per heavy atom. The zero-order valence-electron chi connectivity index (χ0n) is 10.5. The fraction of sp³-hybridized carbons (Fsp3) is 0.462. The molecule has 0 aliphatic heterocycles. The molecule has 1 atom stereocenters. The summed E-state index contributed by atoms with van der Waals surface area (Å²) in [6.45, 7) is 8.21. The lowest BCUT2D eigenvalue weighted by Crippen LogP contribution is -2.11. The molecule has 2 rings (SSSR count). The van der Waals surface area contributed by atoms with Gasteiger partial charge in [0.1, 0.15) is 5.82 Å². The summed E-state index contributed by atoms with van der Waals surface area (Å²) in [5.41, 5.74) is 2.40. The molecule has 1 unspecified atom stereocenters. The molecular formula is C13H17FN2S. The lowest BCUT2D eigenvalue weighted by molar-refractivity contribution is 0.413. The molecule has 0 saturated heterocycles. The Kier molecular flexibility index (Phi) is 3.08. The van der Waals surface area contributed by atoms with Crippen LogP contribution in [0.1, 0.15) is 32.4 Å². The number of aromatic nitrogens is 2. The van der Waals surface area contributed by atoms with E-state index in [-0.39, 0.29) is 5.82 Å². The summed E-state index contributed by atoms with van der Waals surface area (Å²) < 4.78 is 16.2. The smallest absolute Gasteiger partial charge is 0.178 e. The number of nitrogens with zero attached hydrogens (tertiary/aromatic N) is 1. The summed E-state index contributed by atoms with van der Waals surface area (Å²) in [5.74, 6) is 0.282. The van der Waals surface area contributed by atoms with Crippen LogP contribution < -0.4 is 0 Å². The van der Waals surface area contributed by atoms with Gasteiger partial charge in [-0.05, 0) is 49.7 Å². The van der Waals surface area contributed by atoms with Gasteiger partial charge in [-0.1, -0.05) is 13.8 Å². The van der Waals surface area contributed by atoms with E-state index in [0.717, 1.165) is 11.0 Å².